The van der Waals surface area contributed by atoms with E-state index >= 15 is 0 Å². The van der Waals surface area contributed by atoms with Gasteiger partial charge in [-0.05, 0) is 32.0 Å². The highest BCUT2D eigenvalue weighted by molar-refractivity contribution is 5.82. The van der Waals surface area contributed by atoms with Crippen molar-refractivity contribution >= 4 is 10.9 Å². The lowest BCUT2D eigenvalue weighted by Crippen LogP contribution is -2.08. The lowest BCUT2D eigenvalue weighted by Gasteiger charge is -2.14. The lowest BCUT2D eigenvalue weighted by atomic mass is 10.2. The molecule has 4 heteroatoms. The predicted molar refractivity (Wildman–Crippen MR) is 63.0 cm³/mol. The van der Waals surface area contributed by atoms with Crippen molar-refractivity contribution in [3.05, 3.63) is 30.0 Å². The van der Waals surface area contributed by atoms with E-state index < -0.39 is 0 Å². The first-order chi connectivity index (χ1) is 7.63. The highest BCUT2D eigenvalue weighted by Gasteiger charge is 2.11. The number of hydrogen-bond acceptors (Lipinski definition) is 3. The molecule has 4 nitrogen and oxygen atoms in total. The van der Waals surface area contributed by atoms with Gasteiger partial charge in [-0.25, -0.2) is 5.90 Å². The van der Waals surface area contributed by atoms with Crippen molar-refractivity contribution in [2.45, 2.75) is 26.5 Å². The Morgan fingerprint density at radius 2 is 2.12 bits per heavy atom. The second-order valence-corrected chi connectivity index (χ2v) is 4.15. The summed E-state index contributed by atoms with van der Waals surface area (Å²) in [6.45, 7) is 4.54. The molecule has 0 saturated heterocycles. The molecule has 0 aliphatic rings. The van der Waals surface area contributed by atoms with Crippen LogP contribution >= 0.6 is 0 Å². The van der Waals surface area contributed by atoms with Gasteiger partial charge < -0.3 is 9.67 Å². The molecule has 0 fully saturated rings. The van der Waals surface area contributed by atoms with Crippen LogP contribution in [0, 0.1) is 0 Å². The van der Waals surface area contributed by atoms with Gasteiger partial charge in [0, 0.05) is 23.2 Å². The third-order valence-electron chi connectivity index (χ3n) is 2.65. The number of aromatic hydroxyl groups is 1. The molecule has 1 aromatic carbocycles. The van der Waals surface area contributed by atoms with Crippen molar-refractivity contribution in [3.63, 3.8) is 0 Å². The number of fused-ring (bicyclic) bond motifs is 1. The van der Waals surface area contributed by atoms with Crippen molar-refractivity contribution in [1.82, 2.24) is 4.57 Å². The first-order valence-electron chi connectivity index (χ1n) is 5.28. The highest BCUT2D eigenvalue weighted by Crippen LogP contribution is 2.27. The van der Waals surface area contributed by atoms with Crippen LogP contribution in [0.15, 0.2) is 24.3 Å². The van der Waals surface area contributed by atoms with Gasteiger partial charge in [-0.3, -0.25) is 4.84 Å². The first kappa shape index (κ1) is 11.0. The average molecular weight is 220 g/mol. The minimum atomic E-state index is 0.271. The molecule has 0 aliphatic heterocycles. The molecule has 16 heavy (non-hydrogen) atoms. The molecule has 1 heterocycles. The summed E-state index contributed by atoms with van der Waals surface area (Å²) in [6, 6.07) is 7.66. The fraction of sp³-hybridized carbons (Fsp3) is 0.333. The lowest BCUT2D eigenvalue weighted by molar-refractivity contribution is 0.118. The Kier molecular flexibility index (Phi) is 2.85. The largest absolute Gasteiger partial charge is 0.508 e. The Bertz CT molecular complexity index is 503. The van der Waals surface area contributed by atoms with E-state index in [-0.39, 0.29) is 5.75 Å². The molecular formula is C12H16N2O2. The number of rotatable bonds is 3. The minimum Gasteiger partial charge on any atom is -0.508 e. The molecule has 1 aromatic heterocycles. The Morgan fingerprint density at radius 3 is 2.75 bits per heavy atom. The normalized spacial score (nSPS) is 11.5. The maximum atomic E-state index is 9.51. The number of nitrogens with two attached hydrogens (primary N) is 1. The fourth-order valence-corrected chi connectivity index (χ4v) is 2.07. The van der Waals surface area contributed by atoms with E-state index in [9.17, 15) is 5.11 Å². The number of phenolic OH excluding ortho intramolecular Hbond substituents is 1. The van der Waals surface area contributed by atoms with E-state index in [2.05, 4.69) is 18.4 Å². The zero-order valence-corrected chi connectivity index (χ0v) is 9.47. The van der Waals surface area contributed by atoms with Gasteiger partial charge in [0.25, 0.3) is 0 Å². The maximum Gasteiger partial charge on any atom is 0.117 e. The number of nitrogens with zero attached hydrogens (tertiary/aromatic N) is 1. The van der Waals surface area contributed by atoms with Crippen molar-refractivity contribution in [2.75, 3.05) is 0 Å². The summed E-state index contributed by atoms with van der Waals surface area (Å²) in [7, 11) is 0. The molecule has 0 atom stereocenters. The topological polar surface area (TPSA) is 60.4 Å². The first-order valence-corrected chi connectivity index (χ1v) is 5.28. The fourth-order valence-electron chi connectivity index (χ4n) is 2.07. The van der Waals surface area contributed by atoms with Gasteiger partial charge >= 0.3 is 0 Å². The zero-order chi connectivity index (χ0) is 11.7. The van der Waals surface area contributed by atoms with E-state index in [4.69, 9.17) is 10.7 Å². The van der Waals surface area contributed by atoms with E-state index in [1.165, 1.54) is 0 Å². The molecule has 0 spiro atoms. The summed E-state index contributed by atoms with van der Waals surface area (Å²) in [5, 5.41) is 10.6. The molecule has 0 saturated carbocycles. The van der Waals surface area contributed by atoms with Gasteiger partial charge in [0.15, 0.2) is 0 Å². The molecule has 0 bridgehead atoms. The summed E-state index contributed by atoms with van der Waals surface area (Å²) < 4.78 is 2.11. The van der Waals surface area contributed by atoms with E-state index in [0.29, 0.717) is 12.6 Å². The maximum absolute atomic E-state index is 9.51. The third kappa shape index (κ3) is 1.77. The molecule has 3 N–H and O–H groups in total. The molecular weight excluding hydrogens is 204 g/mol. The summed E-state index contributed by atoms with van der Waals surface area (Å²) in [5.74, 6) is 5.39. The van der Waals surface area contributed by atoms with Crippen LogP contribution in [-0.4, -0.2) is 9.67 Å². The van der Waals surface area contributed by atoms with Gasteiger partial charge in [0.05, 0.1) is 5.52 Å². The Morgan fingerprint density at radius 1 is 1.38 bits per heavy atom. The van der Waals surface area contributed by atoms with Gasteiger partial charge in [0.1, 0.15) is 12.4 Å². The molecule has 2 aromatic rings. The number of benzene rings is 1. The van der Waals surface area contributed by atoms with Crippen molar-refractivity contribution in [2.24, 2.45) is 5.90 Å². The monoisotopic (exact) mass is 220 g/mol. The second-order valence-electron chi connectivity index (χ2n) is 4.15. The van der Waals surface area contributed by atoms with Gasteiger partial charge in [-0.1, -0.05) is 0 Å². The van der Waals surface area contributed by atoms with Gasteiger partial charge in [-0.15, -0.1) is 0 Å². The molecule has 0 unspecified atom stereocenters. The van der Waals surface area contributed by atoms with Crippen molar-refractivity contribution < 1.29 is 9.94 Å². The van der Waals surface area contributed by atoms with Crippen LogP contribution in [-0.2, 0) is 11.4 Å². The van der Waals surface area contributed by atoms with Gasteiger partial charge in [0.2, 0.25) is 0 Å². The van der Waals surface area contributed by atoms with Crippen molar-refractivity contribution in [1.29, 1.82) is 0 Å². The van der Waals surface area contributed by atoms with Crippen molar-refractivity contribution in [3.8, 4) is 5.75 Å². The van der Waals surface area contributed by atoms with Crippen LogP contribution in [0.5, 0.6) is 5.75 Å². The summed E-state index contributed by atoms with van der Waals surface area (Å²) >= 11 is 0. The average Bonchev–Trinajstić information content (AvgIpc) is 2.55. The summed E-state index contributed by atoms with van der Waals surface area (Å²) in [6.07, 6.45) is 0. The summed E-state index contributed by atoms with van der Waals surface area (Å²) in [4.78, 5) is 4.70. The van der Waals surface area contributed by atoms with Crippen LogP contribution in [0.1, 0.15) is 25.6 Å². The SMILES string of the molecule is CC(C)n1c(CON)cc2ccc(O)cc21. The smallest absolute Gasteiger partial charge is 0.117 e. The number of phenols is 1. The molecule has 0 radical (unpaired) electrons. The molecule has 0 amide bonds. The third-order valence-corrected chi connectivity index (χ3v) is 2.65. The predicted octanol–water partition coefficient (Wildman–Crippen LogP) is 2.32. The molecule has 0 aliphatic carbocycles. The second kappa shape index (κ2) is 4.15. The Labute approximate surface area is 94.2 Å². The molecule has 86 valence electrons. The van der Waals surface area contributed by atoms with E-state index in [1.807, 2.05) is 12.1 Å². The van der Waals surface area contributed by atoms with Crippen LogP contribution < -0.4 is 5.90 Å². The molecule has 2 rings (SSSR count). The van der Waals surface area contributed by atoms with E-state index in [1.54, 1.807) is 12.1 Å². The van der Waals surface area contributed by atoms with Crippen LogP contribution in [0.2, 0.25) is 0 Å². The number of hydrogen-bond donors (Lipinski definition) is 2. The standard InChI is InChI=1S/C12H16N2O2/c1-8(2)14-10(7-16-13)5-9-3-4-11(15)6-12(9)14/h3-6,8,15H,7,13H2,1-2H3. The van der Waals surface area contributed by atoms with E-state index in [0.717, 1.165) is 16.6 Å². The summed E-state index contributed by atoms with van der Waals surface area (Å²) in [5.41, 5.74) is 2.01. The van der Waals surface area contributed by atoms with Crippen LogP contribution in [0.4, 0.5) is 0 Å². The Hall–Kier alpha value is -1.52. The van der Waals surface area contributed by atoms with Crippen LogP contribution in [0.3, 0.4) is 0 Å². The zero-order valence-electron chi connectivity index (χ0n) is 9.47. The van der Waals surface area contributed by atoms with Crippen LogP contribution in [0.25, 0.3) is 10.9 Å². The van der Waals surface area contributed by atoms with Gasteiger partial charge in [-0.2, -0.15) is 0 Å². The minimum absolute atomic E-state index is 0.271. The number of aromatic nitrogens is 1. The Balaban J connectivity index is 2.67. The quantitative estimate of drug-likeness (QED) is 0.780. The highest BCUT2D eigenvalue weighted by atomic mass is 16.6.